The Hall–Kier alpha value is -1.80. The Morgan fingerprint density at radius 1 is 1.08 bits per heavy atom. The van der Waals surface area contributed by atoms with Crippen molar-refractivity contribution in [2.75, 3.05) is 6.54 Å². The number of likely N-dealkylation sites (tertiary alicyclic amines) is 1. The number of benzene rings is 2. The van der Waals surface area contributed by atoms with Crippen molar-refractivity contribution in [3.8, 4) is 0 Å². The highest BCUT2D eigenvalue weighted by molar-refractivity contribution is 6.31. The number of rotatable bonds is 3. The summed E-state index contributed by atoms with van der Waals surface area (Å²) in [7, 11) is 0. The molecule has 1 aliphatic carbocycles. The van der Waals surface area contributed by atoms with Crippen LogP contribution in [0.2, 0.25) is 5.02 Å². The second-order valence-corrected chi connectivity index (χ2v) is 7.42. The van der Waals surface area contributed by atoms with E-state index in [-0.39, 0.29) is 12.0 Å². The third-order valence-electron chi connectivity index (χ3n) is 5.50. The Morgan fingerprint density at radius 3 is 2.54 bits per heavy atom. The van der Waals surface area contributed by atoms with Crippen LogP contribution in [0.15, 0.2) is 48.5 Å². The van der Waals surface area contributed by atoms with Crippen molar-refractivity contribution in [3.05, 3.63) is 70.2 Å². The van der Waals surface area contributed by atoms with Gasteiger partial charge in [-0.2, -0.15) is 0 Å². The van der Waals surface area contributed by atoms with Gasteiger partial charge in [0.05, 0.1) is 6.04 Å². The lowest BCUT2D eigenvalue weighted by Crippen LogP contribution is -2.32. The van der Waals surface area contributed by atoms with Crippen molar-refractivity contribution in [3.63, 3.8) is 0 Å². The van der Waals surface area contributed by atoms with Crippen LogP contribution in [0.5, 0.6) is 0 Å². The first-order chi connectivity index (χ1) is 11.7. The normalized spacial score (nSPS) is 25.8. The van der Waals surface area contributed by atoms with Crippen LogP contribution in [0.25, 0.3) is 0 Å². The maximum Gasteiger partial charge on any atom is 0.226 e. The predicted molar refractivity (Wildman–Crippen MR) is 97.2 cm³/mol. The van der Waals surface area contributed by atoms with E-state index in [1.54, 1.807) is 0 Å². The zero-order valence-corrected chi connectivity index (χ0v) is 14.7. The largest absolute Gasteiger partial charge is 0.335 e. The highest BCUT2D eigenvalue weighted by Gasteiger charge is 2.48. The molecule has 4 rings (SSSR count). The van der Waals surface area contributed by atoms with Crippen molar-refractivity contribution in [1.29, 1.82) is 0 Å². The molecule has 0 radical (unpaired) electrons. The summed E-state index contributed by atoms with van der Waals surface area (Å²) in [6.45, 7) is 3.02. The molecule has 1 saturated carbocycles. The minimum Gasteiger partial charge on any atom is -0.335 e. The van der Waals surface area contributed by atoms with E-state index < -0.39 is 0 Å². The molecule has 1 aliphatic heterocycles. The Balaban J connectivity index is 1.53. The van der Waals surface area contributed by atoms with Crippen LogP contribution in [0, 0.1) is 12.8 Å². The van der Waals surface area contributed by atoms with Crippen LogP contribution in [-0.4, -0.2) is 17.4 Å². The zero-order chi connectivity index (χ0) is 16.7. The fourth-order valence-electron chi connectivity index (χ4n) is 4.11. The number of hydrogen-bond acceptors (Lipinski definition) is 1. The Morgan fingerprint density at radius 2 is 1.79 bits per heavy atom. The van der Waals surface area contributed by atoms with E-state index in [4.69, 9.17) is 11.6 Å². The molecular formula is C21H22ClNO. The van der Waals surface area contributed by atoms with E-state index in [1.807, 2.05) is 18.2 Å². The van der Waals surface area contributed by atoms with Gasteiger partial charge in [0.15, 0.2) is 0 Å². The van der Waals surface area contributed by atoms with Gasteiger partial charge in [0.1, 0.15) is 0 Å². The monoisotopic (exact) mass is 339 g/mol. The van der Waals surface area contributed by atoms with Crippen molar-refractivity contribution in [1.82, 2.24) is 4.90 Å². The number of carbonyl (C=O) groups excluding carboxylic acids is 1. The molecule has 1 saturated heterocycles. The van der Waals surface area contributed by atoms with E-state index in [9.17, 15) is 4.79 Å². The van der Waals surface area contributed by atoms with E-state index in [2.05, 4.69) is 42.2 Å². The quantitative estimate of drug-likeness (QED) is 0.760. The van der Waals surface area contributed by atoms with E-state index in [1.165, 1.54) is 11.1 Å². The van der Waals surface area contributed by atoms with Crippen LogP contribution < -0.4 is 0 Å². The van der Waals surface area contributed by atoms with Gasteiger partial charge < -0.3 is 4.90 Å². The van der Waals surface area contributed by atoms with E-state index in [0.29, 0.717) is 11.8 Å². The summed E-state index contributed by atoms with van der Waals surface area (Å²) in [6, 6.07) is 16.6. The van der Waals surface area contributed by atoms with Gasteiger partial charge >= 0.3 is 0 Å². The van der Waals surface area contributed by atoms with Crippen LogP contribution in [0.1, 0.15) is 47.9 Å². The van der Waals surface area contributed by atoms with E-state index >= 15 is 0 Å². The highest BCUT2D eigenvalue weighted by atomic mass is 35.5. The van der Waals surface area contributed by atoms with Crippen molar-refractivity contribution in [2.45, 2.75) is 38.1 Å². The minimum absolute atomic E-state index is 0.106. The number of amides is 1. The number of nitrogens with zero attached hydrogens (tertiary/aromatic N) is 1. The maximum atomic E-state index is 13.1. The molecule has 3 heteroatoms. The van der Waals surface area contributed by atoms with Gasteiger partial charge in [-0.25, -0.2) is 0 Å². The van der Waals surface area contributed by atoms with Gasteiger partial charge in [0.2, 0.25) is 5.91 Å². The third-order valence-corrected chi connectivity index (χ3v) is 5.84. The molecule has 2 aromatic carbocycles. The van der Waals surface area contributed by atoms with Crippen molar-refractivity contribution in [2.24, 2.45) is 5.92 Å². The summed E-state index contributed by atoms with van der Waals surface area (Å²) in [5.74, 6) is 0.713. The molecule has 2 nitrogen and oxygen atoms in total. The molecule has 1 heterocycles. The number of carbonyl (C=O) groups is 1. The molecule has 24 heavy (non-hydrogen) atoms. The van der Waals surface area contributed by atoms with Crippen LogP contribution in [0.3, 0.4) is 0 Å². The smallest absolute Gasteiger partial charge is 0.226 e. The molecule has 0 aromatic heterocycles. The molecule has 124 valence electrons. The van der Waals surface area contributed by atoms with Gasteiger partial charge in [-0.3, -0.25) is 4.79 Å². The third kappa shape index (κ3) is 2.73. The lowest BCUT2D eigenvalue weighted by atomic mass is 9.99. The van der Waals surface area contributed by atoms with E-state index in [0.717, 1.165) is 36.4 Å². The fourth-order valence-corrected chi connectivity index (χ4v) is 4.39. The second-order valence-electron chi connectivity index (χ2n) is 7.02. The standard InChI is InChI=1S/C21H22ClNO/c1-14-7-2-3-8-15(14)20-11-6-12-23(20)21(24)18-13-17(18)16-9-4-5-10-19(16)22/h2-5,7-10,17-18,20H,6,11-13H2,1H3. The lowest BCUT2D eigenvalue weighted by molar-refractivity contribution is -0.133. The molecule has 1 amide bonds. The molecule has 0 N–H and O–H groups in total. The van der Waals surface area contributed by atoms with Crippen LogP contribution in [-0.2, 0) is 4.79 Å². The molecule has 0 spiro atoms. The van der Waals surface area contributed by atoms with Crippen LogP contribution >= 0.6 is 11.6 Å². The first-order valence-electron chi connectivity index (χ1n) is 8.77. The Bertz CT molecular complexity index is 772. The minimum atomic E-state index is 0.106. The topological polar surface area (TPSA) is 20.3 Å². The fraction of sp³-hybridized carbons (Fsp3) is 0.381. The molecule has 2 aromatic rings. The second kappa shape index (κ2) is 6.25. The zero-order valence-electron chi connectivity index (χ0n) is 13.9. The first kappa shape index (κ1) is 15.7. The summed E-state index contributed by atoms with van der Waals surface area (Å²) in [5, 5.41) is 0.787. The Labute approximate surface area is 148 Å². The number of aryl methyl sites for hydroxylation is 1. The lowest BCUT2D eigenvalue weighted by Gasteiger charge is -2.26. The van der Waals surface area contributed by atoms with Crippen molar-refractivity contribution < 1.29 is 4.79 Å². The summed E-state index contributed by atoms with van der Waals surface area (Å²) in [4.78, 5) is 15.2. The first-order valence-corrected chi connectivity index (χ1v) is 9.15. The maximum absolute atomic E-state index is 13.1. The predicted octanol–water partition coefficient (Wildman–Crippen LogP) is 5.12. The summed E-state index contributed by atoms with van der Waals surface area (Å²) in [6.07, 6.45) is 3.09. The van der Waals surface area contributed by atoms with Crippen LogP contribution in [0.4, 0.5) is 0 Å². The SMILES string of the molecule is Cc1ccccc1C1CCCN1C(=O)C1CC1c1ccccc1Cl. The molecule has 0 bridgehead atoms. The average Bonchev–Trinajstić information content (AvgIpc) is 3.23. The molecule has 3 unspecified atom stereocenters. The van der Waals surface area contributed by atoms with Gasteiger partial charge in [0, 0.05) is 17.5 Å². The molecule has 3 atom stereocenters. The van der Waals surface area contributed by atoms with Gasteiger partial charge in [-0.15, -0.1) is 0 Å². The highest BCUT2D eigenvalue weighted by Crippen LogP contribution is 2.51. The summed E-state index contributed by atoms with van der Waals surface area (Å²) >= 11 is 6.31. The number of hydrogen-bond donors (Lipinski definition) is 0. The van der Waals surface area contributed by atoms with Crippen molar-refractivity contribution >= 4 is 17.5 Å². The summed E-state index contributed by atoms with van der Waals surface area (Å²) in [5.41, 5.74) is 3.71. The van der Waals surface area contributed by atoms with Gasteiger partial charge in [0.25, 0.3) is 0 Å². The molecule has 2 fully saturated rings. The molecule has 2 aliphatic rings. The van der Waals surface area contributed by atoms with Gasteiger partial charge in [-0.1, -0.05) is 54.1 Å². The Kier molecular flexibility index (Phi) is 4.09. The number of halogens is 1. The molecular weight excluding hydrogens is 318 g/mol. The van der Waals surface area contributed by atoms with Gasteiger partial charge in [-0.05, 0) is 54.9 Å². The summed E-state index contributed by atoms with van der Waals surface area (Å²) < 4.78 is 0. The average molecular weight is 340 g/mol.